The number of carboxylic acid groups (broad SMARTS) is 1. The molecule has 0 heterocycles. The molecule has 2 N–H and O–H groups in total. The normalized spacial score (nSPS) is 12.8. The van der Waals surface area contributed by atoms with Gasteiger partial charge in [0.25, 0.3) is 0 Å². The molecule has 0 aliphatic heterocycles. The van der Waals surface area contributed by atoms with Crippen molar-refractivity contribution < 1.29 is 14.7 Å². The highest BCUT2D eigenvalue weighted by Crippen LogP contribution is 2.18. The number of aliphatic carboxylic acids is 1. The maximum Gasteiger partial charge on any atom is 0.328 e. The number of amides is 1. The molecular formula is C14H19NO3S. The Balaban J connectivity index is 2.48. The standard InChI is InChI=1S/C14H19NO3S/c1-10(12(16)15-14(2,3)13(17)18)19-9-11-7-5-4-6-8-11/h4-8,10H,9H2,1-3H3,(H,15,16)(H,17,18). The van der Waals surface area contributed by atoms with E-state index in [1.807, 2.05) is 30.3 Å². The van der Waals surface area contributed by atoms with E-state index < -0.39 is 11.5 Å². The van der Waals surface area contributed by atoms with Gasteiger partial charge in [0.05, 0.1) is 5.25 Å². The van der Waals surface area contributed by atoms with Crippen LogP contribution in [0.4, 0.5) is 0 Å². The van der Waals surface area contributed by atoms with Crippen LogP contribution < -0.4 is 5.32 Å². The second-order valence-electron chi connectivity index (χ2n) is 4.86. The first-order chi connectivity index (χ1) is 8.83. The Hall–Kier alpha value is -1.49. The SMILES string of the molecule is CC(SCc1ccccc1)C(=O)NC(C)(C)C(=O)O. The molecule has 0 aliphatic carbocycles. The highest BCUT2D eigenvalue weighted by molar-refractivity contribution is 7.99. The van der Waals surface area contributed by atoms with Gasteiger partial charge in [-0.2, -0.15) is 0 Å². The Bertz CT molecular complexity index is 445. The van der Waals surface area contributed by atoms with Crippen LogP contribution in [0.2, 0.25) is 0 Å². The third-order valence-electron chi connectivity index (χ3n) is 2.68. The van der Waals surface area contributed by atoms with E-state index in [-0.39, 0.29) is 11.2 Å². The monoisotopic (exact) mass is 281 g/mol. The van der Waals surface area contributed by atoms with Crippen molar-refractivity contribution in [3.63, 3.8) is 0 Å². The summed E-state index contributed by atoms with van der Waals surface area (Å²) in [6, 6.07) is 9.85. The number of carboxylic acids is 1. The summed E-state index contributed by atoms with van der Waals surface area (Å²) in [5.74, 6) is -0.572. The van der Waals surface area contributed by atoms with Gasteiger partial charge in [0.2, 0.25) is 5.91 Å². The maximum absolute atomic E-state index is 11.9. The number of benzene rings is 1. The Labute approximate surface area is 117 Å². The zero-order valence-corrected chi connectivity index (χ0v) is 12.2. The molecule has 1 amide bonds. The average molecular weight is 281 g/mol. The summed E-state index contributed by atoms with van der Waals surface area (Å²) in [4.78, 5) is 22.8. The van der Waals surface area contributed by atoms with Gasteiger partial charge in [-0.3, -0.25) is 4.79 Å². The Morgan fingerprint density at radius 2 is 1.89 bits per heavy atom. The van der Waals surface area contributed by atoms with E-state index in [0.29, 0.717) is 0 Å². The van der Waals surface area contributed by atoms with E-state index in [1.54, 1.807) is 6.92 Å². The number of thioether (sulfide) groups is 1. The molecule has 19 heavy (non-hydrogen) atoms. The highest BCUT2D eigenvalue weighted by Gasteiger charge is 2.30. The molecule has 1 aromatic rings. The summed E-state index contributed by atoms with van der Waals surface area (Å²) >= 11 is 1.49. The van der Waals surface area contributed by atoms with Gasteiger partial charge >= 0.3 is 5.97 Å². The fraction of sp³-hybridized carbons (Fsp3) is 0.429. The lowest BCUT2D eigenvalue weighted by Gasteiger charge is -2.23. The van der Waals surface area contributed by atoms with Crippen molar-refractivity contribution in [1.82, 2.24) is 5.32 Å². The quantitative estimate of drug-likeness (QED) is 0.839. The van der Waals surface area contributed by atoms with Crippen LogP contribution in [0.1, 0.15) is 26.3 Å². The zero-order chi connectivity index (χ0) is 14.5. The first-order valence-electron chi connectivity index (χ1n) is 6.04. The molecule has 1 atom stereocenters. The van der Waals surface area contributed by atoms with Crippen molar-refractivity contribution in [3.8, 4) is 0 Å². The van der Waals surface area contributed by atoms with Crippen LogP contribution in [0.5, 0.6) is 0 Å². The van der Waals surface area contributed by atoms with Crippen LogP contribution in [0.15, 0.2) is 30.3 Å². The van der Waals surface area contributed by atoms with E-state index in [2.05, 4.69) is 5.32 Å². The molecule has 1 unspecified atom stereocenters. The van der Waals surface area contributed by atoms with E-state index in [9.17, 15) is 9.59 Å². The lowest BCUT2D eigenvalue weighted by molar-refractivity contribution is -0.145. The first-order valence-corrected chi connectivity index (χ1v) is 7.09. The molecule has 0 saturated carbocycles. The minimum absolute atomic E-state index is 0.256. The van der Waals surface area contributed by atoms with Crippen molar-refractivity contribution in [2.45, 2.75) is 37.3 Å². The molecule has 5 heteroatoms. The first kappa shape index (κ1) is 15.6. The highest BCUT2D eigenvalue weighted by atomic mass is 32.2. The van der Waals surface area contributed by atoms with Crippen molar-refractivity contribution >= 4 is 23.6 Å². The lowest BCUT2D eigenvalue weighted by Crippen LogP contribution is -2.51. The van der Waals surface area contributed by atoms with Crippen molar-refractivity contribution in [2.75, 3.05) is 0 Å². The van der Waals surface area contributed by atoms with Gasteiger partial charge in [-0.05, 0) is 26.3 Å². The minimum Gasteiger partial charge on any atom is -0.480 e. The van der Waals surface area contributed by atoms with Crippen LogP contribution in [0.3, 0.4) is 0 Å². The van der Waals surface area contributed by atoms with Crippen LogP contribution in [0.25, 0.3) is 0 Å². The zero-order valence-electron chi connectivity index (χ0n) is 11.3. The molecule has 0 radical (unpaired) electrons. The number of hydrogen-bond acceptors (Lipinski definition) is 3. The third-order valence-corrected chi connectivity index (χ3v) is 3.90. The summed E-state index contributed by atoms with van der Waals surface area (Å²) in [7, 11) is 0. The summed E-state index contributed by atoms with van der Waals surface area (Å²) < 4.78 is 0. The Morgan fingerprint density at radius 1 is 1.32 bits per heavy atom. The molecule has 4 nitrogen and oxygen atoms in total. The van der Waals surface area contributed by atoms with Gasteiger partial charge in [-0.25, -0.2) is 4.79 Å². The van der Waals surface area contributed by atoms with Crippen LogP contribution in [-0.2, 0) is 15.3 Å². The molecule has 1 aromatic carbocycles. The molecular weight excluding hydrogens is 262 g/mol. The summed E-state index contributed by atoms with van der Waals surface area (Å²) in [5.41, 5.74) is -0.0943. The Morgan fingerprint density at radius 3 is 2.42 bits per heavy atom. The van der Waals surface area contributed by atoms with E-state index >= 15 is 0 Å². The van der Waals surface area contributed by atoms with E-state index in [1.165, 1.54) is 25.6 Å². The van der Waals surface area contributed by atoms with Crippen LogP contribution in [-0.4, -0.2) is 27.8 Å². The minimum atomic E-state index is -1.24. The largest absolute Gasteiger partial charge is 0.480 e. The number of nitrogens with one attached hydrogen (secondary N) is 1. The smallest absolute Gasteiger partial charge is 0.328 e. The van der Waals surface area contributed by atoms with Gasteiger partial charge in [-0.15, -0.1) is 11.8 Å². The molecule has 1 rings (SSSR count). The van der Waals surface area contributed by atoms with E-state index in [4.69, 9.17) is 5.11 Å². The number of rotatable bonds is 6. The lowest BCUT2D eigenvalue weighted by atomic mass is 10.1. The molecule has 0 aliphatic rings. The fourth-order valence-electron chi connectivity index (χ4n) is 1.33. The molecule has 0 aromatic heterocycles. The van der Waals surface area contributed by atoms with Crippen LogP contribution in [0, 0.1) is 0 Å². The number of hydrogen-bond donors (Lipinski definition) is 2. The van der Waals surface area contributed by atoms with Crippen molar-refractivity contribution in [1.29, 1.82) is 0 Å². The topological polar surface area (TPSA) is 66.4 Å². The Kier molecular flexibility index (Phi) is 5.42. The van der Waals surface area contributed by atoms with Crippen molar-refractivity contribution in [3.05, 3.63) is 35.9 Å². The van der Waals surface area contributed by atoms with E-state index in [0.717, 1.165) is 11.3 Å². The fourth-order valence-corrected chi connectivity index (χ4v) is 2.18. The summed E-state index contributed by atoms with van der Waals surface area (Å²) in [6.45, 7) is 4.73. The molecule has 0 fully saturated rings. The molecule has 0 spiro atoms. The number of carbonyl (C=O) groups is 2. The molecule has 104 valence electrons. The maximum atomic E-state index is 11.9. The summed E-state index contributed by atoms with van der Waals surface area (Å²) in [6.07, 6.45) is 0. The van der Waals surface area contributed by atoms with Crippen molar-refractivity contribution in [2.24, 2.45) is 0 Å². The van der Waals surface area contributed by atoms with Gasteiger partial charge in [0.15, 0.2) is 0 Å². The number of carbonyl (C=O) groups excluding carboxylic acids is 1. The predicted molar refractivity (Wildman–Crippen MR) is 77.1 cm³/mol. The van der Waals surface area contributed by atoms with Crippen LogP contribution >= 0.6 is 11.8 Å². The summed E-state index contributed by atoms with van der Waals surface area (Å²) in [5, 5.41) is 11.2. The predicted octanol–water partition coefficient (Wildman–Crippen LogP) is 2.29. The van der Waals surface area contributed by atoms with Gasteiger partial charge in [0.1, 0.15) is 5.54 Å². The van der Waals surface area contributed by atoms with Gasteiger partial charge in [-0.1, -0.05) is 30.3 Å². The van der Waals surface area contributed by atoms with Gasteiger partial charge in [0, 0.05) is 5.75 Å². The van der Waals surface area contributed by atoms with Gasteiger partial charge < -0.3 is 10.4 Å². The molecule has 0 bridgehead atoms. The average Bonchev–Trinajstić information content (AvgIpc) is 2.36. The molecule has 0 saturated heterocycles. The second-order valence-corrected chi connectivity index (χ2v) is 6.19. The second kappa shape index (κ2) is 6.61. The third kappa shape index (κ3) is 4.95.